The average molecular weight is 329 g/mol. The first-order chi connectivity index (χ1) is 9.11. The molecule has 2 rings (SSSR count). The van der Waals surface area contributed by atoms with Gasteiger partial charge in [0.05, 0.1) is 4.92 Å². The minimum atomic E-state index is -0.366. The van der Waals surface area contributed by atoms with Gasteiger partial charge in [0.1, 0.15) is 0 Å². The number of nitrogens with one attached hydrogen (secondary N) is 1. The van der Waals surface area contributed by atoms with E-state index >= 15 is 0 Å². The van der Waals surface area contributed by atoms with E-state index in [0.717, 1.165) is 32.5 Å². The van der Waals surface area contributed by atoms with Gasteiger partial charge in [0.15, 0.2) is 0 Å². The maximum atomic E-state index is 11.1. The average Bonchev–Trinajstić information content (AvgIpc) is 2.39. The van der Waals surface area contributed by atoms with Gasteiger partial charge < -0.3 is 10.2 Å². The predicted molar refractivity (Wildman–Crippen MR) is 77.5 cm³/mol. The van der Waals surface area contributed by atoms with E-state index in [0.29, 0.717) is 16.2 Å². The van der Waals surface area contributed by atoms with Gasteiger partial charge in [-0.15, -0.1) is 0 Å². The lowest BCUT2D eigenvalue weighted by Gasteiger charge is -2.33. The van der Waals surface area contributed by atoms with Gasteiger partial charge >= 0.3 is 5.69 Å². The number of anilines is 1. The summed E-state index contributed by atoms with van der Waals surface area (Å²) in [4.78, 5) is 17.0. The molecule has 1 aliphatic heterocycles. The monoisotopic (exact) mass is 328 g/mol. The SMILES string of the molecule is CNCC1CCCN(c2ncc(Br)cc2[N+](=O)[O-])C1. The standard InChI is InChI=1S/C12H17BrN4O2/c1-14-6-9-3-2-4-16(8-9)12-11(17(18)19)5-10(13)7-15-12/h5,7,9,14H,2-4,6,8H2,1H3. The highest BCUT2D eigenvalue weighted by atomic mass is 79.9. The molecule has 1 atom stereocenters. The summed E-state index contributed by atoms with van der Waals surface area (Å²) < 4.78 is 0.631. The quantitative estimate of drug-likeness (QED) is 0.677. The highest BCUT2D eigenvalue weighted by Gasteiger charge is 2.26. The number of rotatable bonds is 4. The molecular weight excluding hydrogens is 312 g/mol. The molecule has 1 N–H and O–H groups in total. The fourth-order valence-electron chi connectivity index (χ4n) is 2.51. The molecule has 1 unspecified atom stereocenters. The van der Waals surface area contributed by atoms with E-state index in [1.54, 1.807) is 6.20 Å². The van der Waals surface area contributed by atoms with Crippen molar-refractivity contribution in [1.82, 2.24) is 10.3 Å². The molecule has 1 fully saturated rings. The van der Waals surface area contributed by atoms with Crippen molar-refractivity contribution in [1.29, 1.82) is 0 Å². The zero-order valence-electron chi connectivity index (χ0n) is 10.8. The van der Waals surface area contributed by atoms with Crippen LogP contribution in [0.3, 0.4) is 0 Å². The third-order valence-electron chi connectivity index (χ3n) is 3.32. The topological polar surface area (TPSA) is 71.3 Å². The normalized spacial score (nSPS) is 19.5. The number of nitrogens with zero attached hydrogens (tertiary/aromatic N) is 3. The molecule has 0 amide bonds. The van der Waals surface area contributed by atoms with Crippen LogP contribution in [-0.2, 0) is 0 Å². The Bertz CT molecular complexity index is 467. The summed E-state index contributed by atoms with van der Waals surface area (Å²) in [6.45, 7) is 2.58. The summed E-state index contributed by atoms with van der Waals surface area (Å²) in [5.41, 5.74) is 0.0690. The number of aromatic nitrogens is 1. The van der Waals surface area contributed by atoms with E-state index in [-0.39, 0.29) is 10.6 Å². The van der Waals surface area contributed by atoms with Crippen molar-refractivity contribution < 1.29 is 4.92 Å². The van der Waals surface area contributed by atoms with E-state index in [1.807, 2.05) is 11.9 Å². The molecule has 0 aliphatic carbocycles. The van der Waals surface area contributed by atoms with Crippen molar-refractivity contribution in [2.75, 3.05) is 31.6 Å². The Labute approximate surface area is 120 Å². The second-order valence-electron chi connectivity index (χ2n) is 4.77. The summed E-state index contributed by atoms with van der Waals surface area (Å²) in [5.74, 6) is 0.998. The van der Waals surface area contributed by atoms with Gasteiger partial charge in [-0.2, -0.15) is 0 Å². The number of halogens is 1. The smallest absolute Gasteiger partial charge is 0.312 e. The van der Waals surface area contributed by atoms with E-state index in [4.69, 9.17) is 0 Å². The zero-order valence-corrected chi connectivity index (χ0v) is 12.4. The molecule has 1 saturated heterocycles. The van der Waals surface area contributed by atoms with E-state index < -0.39 is 0 Å². The highest BCUT2D eigenvalue weighted by molar-refractivity contribution is 9.10. The van der Waals surface area contributed by atoms with Gasteiger partial charge in [-0.25, -0.2) is 4.98 Å². The summed E-state index contributed by atoms with van der Waals surface area (Å²) in [5, 5.41) is 14.3. The molecule has 6 nitrogen and oxygen atoms in total. The van der Waals surface area contributed by atoms with Gasteiger partial charge in [-0.3, -0.25) is 10.1 Å². The van der Waals surface area contributed by atoms with Crippen LogP contribution in [-0.4, -0.2) is 36.6 Å². The molecule has 7 heteroatoms. The second kappa shape index (κ2) is 6.29. The second-order valence-corrected chi connectivity index (χ2v) is 5.68. The Morgan fingerprint density at radius 2 is 2.47 bits per heavy atom. The lowest BCUT2D eigenvalue weighted by Crippen LogP contribution is -2.39. The lowest BCUT2D eigenvalue weighted by atomic mass is 9.98. The Morgan fingerprint density at radius 1 is 1.68 bits per heavy atom. The van der Waals surface area contributed by atoms with Crippen molar-refractivity contribution in [3.8, 4) is 0 Å². The minimum Gasteiger partial charge on any atom is -0.351 e. The van der Waals surface area contributed by atoms with Gasteiger partial charge in [0.25, 0.3) is 0 Å². The summed E-state index contributed by atoms with van der Waals surface area (Å²) in [6, 6.07) is 1.52. The summed E-state index contributed by atoms with van der Waals surface area (Å²) >= 11 is 3.23. The number of nitro groups is 1. The fourth-order valence-corrected chi connectivity index (χ4v) is 2.83. The molecule has 104 valence electrons. The van der Waals surface area contributed by atoms with E-state index in [1.165, 1.54) is 6.07 Å². The summed E-state index contributed by atoms with van der Waals surface area (Å²) in [6.07, 6.45) is 3.81. The molecule has 1 aromatic heterocycles. The first kappa shape index (κ1) is 14.2. The Morgan fingerprint density at radius 3 is 3.16 bits per heavy atom. The van der Waals surface area contributed by atoms with Crippen LogP contribution in [0.4, 0.5) is 11.5 Å². The van der Waals surface area contributed by atoms with Crippen LogP contribution in [0.25, 0.3) is 0 Å². The Balaban J connectivity index is 2.23. The maximum Gasteiger partial charge on any atom is 0.312 e. The van der Waals surface area contributed by atoms with Crippen LogP contribution in [0.2, 0.25) is 0 Å². The fraction of sp³-hybridized carbons (Fsp3) is 0.583. The minimum absolute atomic E-state index is 0.0690. The van der Waals surface area contributed by atoms with Crippen molar-refractivity contribution in [3.05, 3.63) is 26.9 Å². The maximum absolute atomic E-state index is 11.1. The van der Waals surface area contributed by atoms with E-state index in [9.17, 15) is 10.1 Å². The van der Waals surface area contributed by atoms with Crippen molar-refractivity contribution in [2.45, 2.75) is 12.8 Å². The highest BCUT2D eigenvalue weighted by Crippen LogP contribution is 2.31. The molecule has 0 aromatic carbocycles. The predicted octanol–water partition coefficient (Wildman–Crippen LogP) is 2.19. The van der Waals surface area contributed by atoms with Gasteiger partial charge in [0.2, 0.25) is 5.82 Å². The Hall–Kier alpha value is -1.21. The van der Waals surface area contributed by atoms with Crippen molar-refractivity contribution in [3.63, 3.8) is 0 Å². The van der Waals surface area contributed by atoms with Crippen LogP contribution < -0.4 is 10.2 Å². The Kier molecular flexibility index (Phi) is 4.71. The van der Waals surface area contributed by atoms with Gasteiger partial charge in [-0.1, -0.05) is 0 Å². The lowest BCUT2D eigenvalue weighted by molar-refractivity contribution is -0.384. The number of hydrogen-bond acceptors (Lipinski definition) is 5. The van der Waals surface area contributed by atoms with Crippen molar-refractivity contribution >= 4 is 27.4 Å². The number of hydrogen-bond donors (Lipinski definition) is 1. The molecule has 0 bridgehead atoms. The molecule has 0 radical (unpaired) electrons. The van der Waals surface area contributed by atoms with Crippen LogP contribution in [0.1, 0.15) is 12.8 Å². The zero-order chi connectivity index (χ0) is 13.8. The summed E-state index contributed by atoms with van der Waals surface area (Å²) in [7, 11) is 1.93. The first-order valence-corrected chi connectivity index (χ1v) is 7.10. The van der Waals surface area contributed by atoms with Crippen molar-refractivity contribution in [2.24, 2.45) is 5.92 Å². The number of piperidine rings is 1. The molecular formula is C12H17BrN4O2. The molecule has 0 saturated carbocycles. The number of pyridine rings is 1. The molecule has 1 aliphatic rings. The largest absolute Gasteiger partial charge is 0.351 e. The molecule has 2 heterocycles. The molecule has 0 spiro atoms. The van der Waals surface area contributed by atoms with Gasteiger partial charge in [0, 0.05) is 29.8 Å². The molecule has 19 heavy (non-hydrogen) atoms. The molecule has 1 aromatic rings. The van der Waals surface area contributed by atoms with Crippen LogP contribution >= 0.6 is 15.9 Å². The third-order valence-corrected chi connectivity index (χ3v) is 3.76. The van der Waals surface area contributed by atoms with Gasteiger partial charge in [-0.05, 0) is 48.3 Å². The van der Waals surface area contributed by atoms with E-state index in [2.05, 4.69) is 26.2 Å². The van der Waals surface area contributed by atoms with Crippen LogP contribution in [0, 0.1) is 16.0 Å². The third kappa shape index (κ3) is 3.42. The first-order valence-electron chi connectivity index (χ1n) is 6.31. The van der Waals surface area contributed by atoms with Crippen LogP contribution in [0.15, 0.2) is 16.7 Å². The van der Waals surface area contributed by atoms with Crippen LogP contribution in [0.5, 0.6) is 0 Å².